The summed E-state index contributed by atoms with van der Waals surface area (Å²) in [7, 11) is 0. The number of nitrogens with one attached hydrogen (secondary N) is 1. The lowest BCUT2D eigenvalue weighted by molar-refractivity contribution is 0.398. The fourth-order valence-corrected chi connectivity index (χ4v) is 1.97. The highest BCUT2D eigenvalue weighted by molar-refractivity contribution is 9.10. The summed E-state index contributed by atoms with van der Waals surface area (Å²) in [5.74, 6) is 0. The van der Waals surface area contributed by atoms with Crippen LogP contribution in [0.25, 0.3) is 0 Å². The molecule has 0 bridgehead atoms. The molecule has 94 valence electrons. The predicted molar refractivity (Wildman–Crippen MR) is 76.0 cm³/mol. The summed E-state index contributed by atoms with van der Waals surface area (Å²) in [5, 5.41) is 3.51. The first kappa shape index (κ1) is 13.2. The molecular formula is C14H16BrN3. The van der Waals surface area contributed by atoms with Crippen LogP contribution in [-0.2, 0) is 12.1 Å². The lowest BCUT2D eigenvalue weighted by atomic mass is 9.94. The van der Waals surface area contributed by atoms with Gasteiger partial charge in [0.25, 0.3) is 0 Å². The molecular weight excluding hydrogens is 290 g/mol. The van der Waals surface area contributed by atoms with Crippen molar-refractivity contribution in [1.82, 2.24) is 15.3 Å². The Morgan fingerprint density at radius 3 is 2.50 bits per heavy atom. The summed E-state index contributed by atoms with van der Waals surface area (Å²) < 4.78 is 1.10. The van der Waals surface area contributed by atoms with E-state index in [-0.39, 0.29) is 5.54 Å². The van der Waals surface area contributed by atoms with Crippen LogP contribution in [0.3, 0.4) is 0 Å². The van der Waals surface area contributed by atoms with Crippen molar-refractivity contribution in [3.8, 4) is 0 Å². The Morgan fingerprint density at radius 1 is 1.17 bits per heavy atom. The molecule has 1 aromatic carbocycles. The second-order valence-electron chi connectivity index (χ2n) is 4.69. The third-order valence-electron chi connectivity index (χ3n) is 2.92. The zero-order valence-electron chi connectivity index (χ0n) is 10.5. The maximum atomic E-state index is 4.21. The van der Waals surface area contributed by atoms with Crippen molar-refractivity contribution in [1.29, 1.82) is 0 Å². The second-order valence-corrected chi connectivity index (χ2v) is 5.60. The summed E-state index contributed by atoms with van der Waals surface area (Å²) in [6, 6.07) is 10.3. The average Bonchev–Trinajstić information content (AvgIpc) is 2.38. The molecule has 0 amide bonds. The smallest absolute Gasteiger partial charge is 0.115 e. The first-order valence-electron chi connectivity index (χ1n) is 5.84. The van der Waals surface area contributed by atoms with Gasteiger partial charge in [-0.15, -0.1) is 0 Å². The lowest BCUT2D eigenvalue weighted by Gasteiger charge is -2.27. The van der Waals surface area contributed by atoms with E-state index in [1.54, 1.807) is 12.5 Å². The molecule has 0 aliphatic heterocycles. The molecule has 0 saturated heterocycles. The summed E-state index contributed by atoms with van der Waals surface area (Å²) >= 11 is 3.45. The molecule has 18 heavy (non-hydrogen) atoms. The van der Waals surface area contributed by atoms with E-state index in [2.05, 4.69) is 69.3 Å². The van der Waals surface area contributed by atoms with E-state index in [9.17, 15) is 0 Å². The molecule has 0 aliphatic carbocycles. The molecule has 0 atom stereocenters. The van der Waals surface area contributed by atoms with E-state index in [4.69, 9.17) is 0 Å². The molecule has 0 fully saturated rings. The Hall–Kier alpha value is -1.26. The van der Waals surface area contributed by atoms with Gasteiger partial charge >= 0.3 is 0 Å². The molecule has 0 spiro atoms. The van der Waals surface area contributed by atoms with Gasteiger partial charge in [-0.1, -0.05) is 28.1 Å². The molecule has 0 radical (unpaired) electrons. The summed E-state index contributed by atoms with van der Waals surface area (Å²) in [6.45, 7) is 5.06. The highest BCUT2D eigenvalue weighted by atomic mass is 79.9. The van der Waals surface area contributed by atoms with Gasteiger partial charge in [0, 0.05) is 22.8 Å². The molecule has 2 rings (SSSR count). The maximum Gasteiger partial charge on any atom is 0.115 e. The van der Waals surface area contributed by atoms with Crippen molar-refractivity contribution in [3.05, 3.63) is 58.6 Å². The number of halogens is 1. The van der Waals surface area contributed by atoms with Gasteiger partial charge in [0.15, 0.2) is 0 Å². The monoisotopic (exact) mass is 305 g/mol. The summed E-state index contributed by atoms with van der Waals surface area (Å²) in [5.41, 5.74) is 2.15. The molecule has 0 aliphatic rings. The van der Waals surface area contributed by atoms with Gasteiger partial charge in [0.05, 0.1) is 5.69 Å². The molecule has 1 heterocycles. The van der Waals surface area contributed by atoms with Crippen molar-refractivity contribution >= 4 is 15.9 Å². The van der Waals surface area contributed by atoms with Crippen molar-refractivity contribution in [2.24, 2.45) is 0 Å². The molecule has 2 aromatic rings. The number of aromatic nitrogens is 2. The van der Waals surface area contributed by atoms with Crippen LogP contribution in [0.2, 0.25) is 0 Å². The number of hydrogen-bond donors (Lipinski definition) is 1. The topological polar surface area (TPSA) is 37.8 Å². The van der Waals surface area contributed by atoms with E-state index in [1.807, 2.05) is 6.07 Å². The lowest BCUT2D eigenvalue weighted by Crippen LogP contribution is -2.36. The highest BCUT2D eigenvalue weighted by Gasteiger charge is 2.19. The third kappa shape index (κ3) is 3.37. The zero-order valence-corrected chi connectivity index (χ0v) is 12.1. The Labute approximate surface area is 116 Å². The fraction of sp³-hybridized carbons (Fsp3) is 0.286. The Balaban J connectivity index is 2.05. The van der Waals surface area contributed by atoms with E-state index in [0.29, 0.717) is 0 Å². The second kappa shape index (κ2) is 5.59. The number of rotatable bonds is 4. The van der Waals surface area contributed by atoms with Gasteiger partial charge in [-0.25, -0.2) is 9.97 Å². The van der Waals surface area contributed by atoms with E-state index < -0.39 is 0 Å². The van der Waals surface area contributed by atoms with E-state index in [1.165, 1.54) is 5.56 Å². The van der Waals surface area contributed by atoms with Crippen LogP contribution in [0, 0.1) is 0 Å². The van der Waals surface area contributed by atoms with Crippen LogP contribution in [-0.4, -0.2) is 9.97 Å². The Bertz CT molecular complexity index is 494. The van der Waals surface area contributed by atoms with Crippen LogP contribution in [0.5, 0.6) is 0 Å². The van der Waals surface area contributed by atoms with Gasteiger partial charge in [-0.05, 0) is 37.6 Å². The summed E-state index contributed by atoms with van der Waals surface area (Å²) in [4.78, 5) is 8.12. The van der Waals surface area contributed by atoms with Gasteiger partial charge in [0.1, 0.15) is 6.33 Å². The third-order valence-corrected chi connectivity index (χ3v) is 3.45. The summed E-state index contributed by atoms with van der Waals surface area (Å²) in [6.07, 6.45) is 3.33. The number of hydrogen-bond acceptors (Lipinski definition) is 3. The Morgan fingerprint density at radius 2 is 1.89 bits per heavy atom. The van der Waals surface area contributed by atoms with Gasteiger partial charge in [-0.3, -0.25) is 0 Å². The largest absolute Gasteiger partial charge is 0.302 e. The average molecular weight is 306 g/mol. The minimum absolute atomic E-state index is 0.0916. The van der Waals surface area contributed by atoms with Crippen LogP contribution >= 0.6 is 15.9 Å². The number of nitrogens with zero attached hydrogens (tertiary/aromatic N) is 2. The van der Waals surface area contributed by atoms with Gasteiger partial charge in [0.2, 0.25) is 0 Å². The van der Waals surface area contributed by atoms with E-state index in [0.717, 1.165) is 16.7 Å². The molecule has 0 unspecified atom stereocenters. The minimum atomic E-state index is -0.0916. The van der Waals surface area contributed by atoms with Gasteiger partial charge < -0.3 is 5.32 Å². The van der Waals surface area contributed by atoms with Crippen molar-refractivity contribution < 1.29 is 0 Å². The SMILES string of the molecule is CC(C)(NCc1ccncn1)c1ccc(Br)cc1. The molecule has 0 saturated carbocycles. The Kier molecular flexibility index (Phi) is 4.09. The molecule has 1 aromatic heterocycles. The van der Waals surface area contributed by atoms with Crippen LogP contribution < -0.4 is 5.32 Å². The van der Waals surface area contributed by atoms with Crippen LogP contribution in [0.15, 0.2) is 47.3 Å². The predicted octanol–water partition coefficient (Wildman–Crippen LogP) is 3.26. The fourth-order valence-electron chi connectivity index (χ4n) is 1.70. The van der Waals surface area contributed by atoms with Crippen molar-refractivity contribution in [3.63, 3.8) is 0 Å². The maximum absolute atomic E-state index is 4.21. The quantitative estimate of drug-likeness (QED) is 0.942. The van der Waals surface area contributed by atoms with Crippen LogP contribution in [0.4, 0.5) is 0 Å². The zero-order chi connectivity index (χ0) is 13.0. The van der Waals surface area contributed by atoms with Crippen molar-refractivity contribution in [2.45, 2.75) is 25.9 Å². The number of benzene rings is 1. The van der Waals surface area contributed by atoms with Crippen LogP contribution in [0.1, 0.15) is 25.1 Å². The molecule has 4 heteroatoms. The molecule has 3 nitrogen and oxygen atoms in total. The van der Waals surface area contributed by atoms with E-state index >= 15 is 0 Å². The molecule has 1 N–H and O–H groups in total. The van der Waals surface area contributed by atoms with Crippen molar-refractivity contribution in [2.75, 3.05) is 0 Å². The normalized spacial score (nSPS) is 11.5. The first-order chi connectivity index (χ1) is 8.58. The first-order valence-corrected chi connectivity index (χ1v) is 6.63. The van der Waals surface area contributed by atoms with Gasteiger partial charge in [-0.2, -0.15) is 0 Å². The standard InChI is InChI=1S/C14H16BrN3/c1-14(2,11-3-5-12(15)6-4-11)18-9-13-7-8-16-10-17-13/h3-8,10,18H,9H2,1-2H3. The highest BCUT2D eigenvalue weighted by Crippen LogP contribution is 2.22. The minimum Gasteiger partial charge on any atom is -0.302 e.